The summed E-state index contributed by atoms with van der Waals surface area (Å²) in [5, 5.41) is 12.7. The van der Waals surface area contributed by atoms with Gasteiger partial charge in [0.2, 0.25) is 5.91 Å². The Hall–Kier alpha value is -1.06. The lowest BCUT2D eigenvalue weighted by atomic mass is 9.71. The van der Waals surface area contributed by atoms with Crippen LogP contribution in [0.25, 0.3) is 0 Å². The summed E-state index contributed by atoms with van der Waals surface area (Å²) in [6, 6.07) is 0.218. The fourth-order valence-corrected chi connectivity index (χ4v) is 4.05. The molecule has 0 aromatic rings. The van der Waals surface area contributed by atoms with Crippen LogP contribution in [0.2, 0.25) is 0 Å². The summed E-state index contributed by atoms with van der Waals surface area (Å²) in [6.45, 7) is 4.44. The summed E-state index contributed by atoms with van der Waals surface area (Å²) in [4.78, 5) is 24.0. The first-order chi connectivity index (χ1) is 9.94. The molecular weight excluding hydrogens is 266 g/mol. The molecule has 0 aliphatic heterocycles. The lowest BCUT2D eigenvalue weighted by molar-refractivity contribution is -0.154. The smallest absolute Gasteiger partial charge is 0.310 e. The molecule has 2 fully saturated rings. The average molecular weight is 295 g/mol. The van der Waals surface area contributed by atoms with Crippen LogP contribution in [0.15, 0.2) is 0 Å². The van der Waals surface area contributed by atoms with Crippen molar-refractivity contribution in [2.45, 2.75) is 77.7 Å². The first kappa shape index (κ1) is 16.3. The van der Waals surface area contributed by atoms with Crippen molar-refractivity contribution in [1.29, 1.82) is 0 Å². The van der Waals surface area contributed by atoms with Gasteiger partial charge in [-0.05, 0) is 31.1 Å². The summed E-state index contributed by atoms with van der Waals surface area (Å²) in [5.41, 5.74) is -0.814. The predicted molar refractivity (Wildman–Crippen MR) is 81.9 cm³/mol. The van der Waals surface area contributed by atoms with Crippen molar-refractivity contribution in [3.63, 3.8) is 0 Å². The van der Waals surface area contributed by atoms with Gasteiger partial charge in [0.05, 0.1) is 5.41 Å². The van der Waals surface area contributed by atoms with Crippen LogP contribution < -0.4 is 5.32 Å². The molecule has 21 heavy (non-hydrogen) atoms. The molecule has 0 bridgehead atoms. The Morgan fingerprint density at radius 2 is 1.76 bits per heavy atom. The van der Waals surface area contributed by atoms with Crippen molar-refractivity contribution < 1.29 is 14.7 Å². The Labute approximate surface area is 127 Å². The highest BCUT2D eigenvalue weighted by atomic mass is 16.4. The van der Waals surface area contributed by atoms with E-state index in [0.717, 1.165) is 32.1 Å². The van der Waals surface area contributed by atoms with Crippen LogP contribution >= 0.6 is 0 Å². The van der Waals surface area contributed by atoms with E-state index in [9.17, 15) is 14.7 Å². The minimum absolute atomic E-state index is 0.0646. The number of carboxylic acids is 1. The van der Waals surface area contributed by atoms with Crippen LogP contribution in [0.5, 0.6) is 0 Å². The van der Waals surface area contributed by atoms with Gasteiger partial charge < -0.3 is 10.4 Å². The van der Waals surface area contributed by atoms with E-state index < -0.39 is 11.4 Å². The lowest BCUT2D eigenvalue weighted by Gasteiger charge is -2.36. The maximum absolute atomic E-state index is 12.4. The molecule has 2 N–H and O–H groups in total. The maximum Gasteiger partial charge on any atom is 0.310 e. The number of rotatable bonds is 4. The van der Waals surface area contributed by atoms with Crippen molar-refractivity contribution in [1.82, 2.24) is 5.32 Å². The fourth-order valence-electron chi connectivity index (χ4n) is 4.05. The van der Waals surface area contributed by atoms with Crippen LogP contribution in [0.4, 0.5) is 0 Å². The minimum atomic E-state index is -0.814. The van der Waals surface area contributed by atoms with Crippen LogP contribution in [0.1, 0.15) is 71.6 Å². The van der Waals surface area contributed by atoms with Crippen LogP contribution in [0.3, 0.4) is 0 Å². The first-order valence-corrected chi connectivity index (χ1v) is 8.47. The Bertz CT molecular complexity index is 387. The first-order valence-electron chi connectivity index (χ1n) is 8.47. The minimum Gasteiger partial charge on any atom is -0.481 e. The lowest BCUT2D eigenvalue weighted by Crippen LogP contribution is -2.46. The van der Waals surface area contributed by atoms with Gasteiger partial charge in [0.1, 0.15) is 0 Å². The highest BCUT2D eigenvalue weighted by Gasteiger charge is 2.42. The third-order valence-electron chi connectivity index (χ3n) is 5.82. The molecule has 0 spiro atoms. The van der Waals surface area contributed by atoms with Gasteiger partial charge in [0, 0.05) is 12.5 Å². The zero-order chi connectivity index (χ0) is 15.5. The van der Waals surface area contributed by atoms with E-state index in [0.29, 0.717) is 24.7 Å². The van der Waals surface area contributed by atoms with Crippen molar-refractivity contribution in [2.24, 2.45) is 17.3 Å². The van der Waals surface area contributed by atoms with Gasteiger partial charge >= 0.3 is 5.97 Å². The molecule has 2 aliphatic carbocycles. The average Bonchev–Trinajstić information content (AvgIpc) is 2.44. The van der Waals surface area contributed by atoms with Crippen molar-refractivity contribution in [2.75, 3.05) is 0 Å². The molecule has 2 aliphatic rings. The molecule has 4 heteroatoms. The fraction of sp³-hybridized carbons (Fsp3) is 0.882. The predicted octanol–water partition coefficient (Wildman–Crippen LogP) is 3.35. The number of hydrogen-bond donors (Lipinski definition) is 2. The van der Waals surface area contributed by atoms with Gasteiger partial charge in [-0.3, -0.25) is 9.59 Å². The van der Waals surface area contributed by atoms with Crippen LogP contribution in [0, 0.1) is 17.3 Å². The highest BCUT2D eigenvalue weighted by Crippen LogP contribution is 2.40. The second-order valence-electron chi connectivity index (χ2n) is 7.26. The van der Waals surface area contributed by atoms with E-state index in [4.69, 9.17) is 0 Å². The third-order valence-corrected chi connectivity index (χ3v) is 5.82. The second-order valence-corrected chi connectivity index (χ2v) is 7.26. The Balaban J connectivity index is 1.95. The quantitative estimate of drug-likeness (QED) is 0.836. The largest absolute Gasteiger partial charge is 0.481 e. The number of carbonyl (C=O) groups excluding carboxylic acids is 1. The maximum atomic E-state index is 12.4. The van der Waals surface area contributed by atoms with Gasteiger partial charge in [-0.15, -0.1) is 0 Å². The summed E-state index contributed by atoms with van der Waals surface area (Å²) in [6.07, 6.45) is 7.80. The molecule has 2 rings (SSSR count). The molecule has 2 saturated carbocycles. The highest BCUT2D eigenvalue weighted by molar-refractivity contribution is 5.85. The Morgan fingerprint density at radius 3 is 2.38 bits per heavy atom. The van der Waals surface area contributed by atoms with Gasteiger partial charge in [-0.1, -0.05) is 46.0 Å². The van der Waals surface area contributed by atoms with Gasteiger partial charge in [-0.25, -0.2) is 0 Å². The van der Waals surface area contributed by atoms with Crippen molar-refractivity contribution >= 4 is 11.9 Å². The molecule has 1 amide bonds. The van der Waals surface area contributed by atoms with Crippen molar-refractivity contribution in [3.05, 3.63) is 0 Å². The summed E-state index contributed by atoms with van der Waals surface area (Å²) in [7, 11) is 0. The van der Waals surface area contributed by atoms with Crippen LogP contribution in [-0.2, 0) is 9.59 Å². The van der Waals surface area contributed by atoms with Gasteiger partial charge in [0.25, 0.3) is 0 Å². The zero-order valence-electron chi connectivity index (χ0n) is 13.4. The topological polar surface area (TPSA) is 66.4 Å². The SMILES string of the molecule is CC1CCCC(NC(=O)CC2(C(=O)O)CCCCC2)C1C. The zero-order valence-corrected chi connectivity index (χ0v) is 13.4. The summed E-state index contributed by atoms with van der Waals surface area (Å²) < 4.78 is 0. The second kappa shape index (κ2) is 6.80. The Kier molecular flexibility index (Phi) is 5.28. The molecule has 4 nitrogen and oxygen atoms in total. The van der Waals surface area contributed by atoms with E-state index in [2.05, 4.69) is 19.2 Å². The van der Waals surface area contributed by atoms with Gasteiger partial charge in [-0.2, -0.15) is 0 Å². The van der Waals surface area contributed by atoms with Crippen LogP contribution in [-0.4, -0.2) is 23.0 Å². The van der Waals surface area contributed by atoms with E-state index in [-0.39, 0.29) is 18.4 Å². The molecule has 0 heterocycles. The van der Waals surface area contributed by atoms with E-state index >= 15 is 0 Å². The van der Waals surface area contributed by atoms with E-state index in [1.165, 1.54) is 6.42 Å². The molecule has 0 aromatic heterocycles. The monoisotopic (exact) mass is 295 g/mol. The van der Waals surface area contributed by atoms with Crippen molar-refractivity contribution in [3.8, 4) is 0 Å². The molecule has 3 unspecified atom stereocenters. The molecular formula is C17H29NO3. The van der Waals surface area contributed by atoms with E-state index in [1.54, 1.807) is 0 Å². The molecule has 120 valence electrons. The summed E-state index contributed by atoms with van der Waals surface area (Å²) in [5.74, 6) is 0.259. The van der Waals surface area contributed by atoms with Gasteiger partial charge in [0.15, 0.2) is 0 Å². The number of carboxylic acid groups (broad SMARTS) is 1. The van der Waals surface area contributed by atoms with E-state index in [1.807, 2.05) is 0 Å². The molecule has 3 atom stereocenters. The number of carbonyl (C=O) groups is 2. The number of amides is 1. The molecule has 0 saturated heterocycles. The Morgan fingerprint density at radius 1 is 1.10 bits per heavy atom. The normalized spacial score (nSPS) is 32.4. The number of nitrogens with one attached hydrogen (secondary N) is 1. The third kappa shape index (κ3) is 3.78. The molecule has 0 aromatic carbocycles. The summed E-state index contributed by atoms with van der Waals surface area (Å²) >= 11 is 0. The number of aliphatic carboxylic acids is 1. The number of hydrogen-bond acceptors (Lipinski definition) is 2. The molecule has 0 radical (unpaired) electrons. The standard InChI is InChI=1S/C17H29NO3/c1-12-7-6-8-14(13(12)2)18-15(19)11-17(16(20)21)9-4-3-5-10-17/h12-14H,3-11H2,1-2H3,(H,18,19)(H,20,21).